The van der Waals surface area contributed by atoms with Crippen molar-refractivity contribution in [2.45, 2.75) is 103 Å². The van der Waals surface area contributed by atoms with Gasteiger partial charge in [0.25, 0.3) is 0 Å². The van der Waals surface area contributed by atoms with Gasteiger partial charge >= 0.3 is 0 Å². The molecule has 1 aliphatic carbocycles. The summed E-state index contributed by atoms with van der Waals surface area (Å²) in [6.07, 6.45) is 17.0. The van der Waals surface area contributed by atoms with E-state index in [9.17, 15) is 4.79 Å². The predicted octanol–water partition coefficient (Wildman–Crippen LogP) is 7.94. The number of aryl methyl sites for hydroxylation is 1. The molecule has 2 atom stereocenters. The molecule has 0 aliphatic heterocycles. The molecule has 1 amide bonds. The Labute approximate surface area is 210 Å². The van der Waals surface area contributed by atoms with Crippen LogP contribution < -0.4 is 0 Å². The molecule has 1 aliphatic rings. The van der Waals surface area contributed by atoms with Crippen LogP contribution in [0.4, 0.5) is 0 Å². The van der Waals surface area contributed by atoms with Crippen LogP contribution in [0.1, 0.15) is 77.7 Å². The van der Waals surface area contributed by atoms with Gasteiger partial charge in [-0.2, -0.15) is 0 Å². The van der Waals surface area contributed by atoms with Gasteiger partial charge in [0.2, 0.25) is 5.91 Å². The minimum Gasteiger partial charge on any atom is -0.411 e. The molecule has 0 N–H and O–H groups in total. The molecule has 1 aromatic rings. The van der Waals surface area contributed by atoms with Crippen LogP contribution in [0.15, 0.2) is 54.1 Å². The fraction of sp³-hybridized carbons (Fsp3) is 0.633. The zero-order valence-electron chi connectivity index (χ0n) is 22.9. The lowest BCUT2D eigenvalue weighted by atomic mass is 9.84. The first kappa shape index (κ1) is 28.6. The Morgan fingerprint density at radius 3 is 2.53 bits per heavy atom. The molecular weight excluding hydrogens is 434 g/mol. The number of rotatable bonds is 11. The number of nitrogens with zero attached hydrogens (tertiary/aromatic N) is 1. The summed E-state index contributed by atoms with van der Waals surface area (Å²) >= 11 is 0. The molecule has 3 nitrogen and oxygen atoms in total. The van der Waals surface area contributed by atoms with Crippen molar-refractivity contribution in [3.63, 3.8) is 0 Å². The Balaban J connectivity index is 1.98. The first-order chi connectivity index (χ1) is 16.0. The lowest BCUT2D eigenvalue weighted by Crippen LogP contribution is -2.43. The molecule has 0 heterocycles. The topological polar surface area (TPSA) is 29.5 Å². The average molecular weight is 484 g/mol. The Kier molecular flexibility index (Phi) is 11.3. The summed E-state index contributed by atoms with van der Waals surface area (Å²) in [6, 6.07) is 10.8. The maximum absolute atomic E-state index is 12.0. The van der Waals surface area contributed by atoms with E-state index in [-0.39, 0.29) is 17.0 Å². The van der Waals surface area contributed by atoms with Crippen LogP contribution in [0.2, 0.25) is 18.1 Å². The van der Waals surface area contributed by atoms with Crippen molar-refractivity contribution in [2.24, 2.45) is 5.92 Å². The van der Waals surface area contributed by atoms with Crippen LogP contribution in [-0.4, -0.2) is 39.3 Å². The lowest BCUT2D eigenvalue weighted by molar-refractivity contribution is -0.127. The number of unbranched alkanes of at least 4 members (excludes halogenated alkanes) is 1. The minimum atomic E-state index is -1.83. The quantitative estimate of drug-likeness (QED) is 0.182. The lowest BCUT2D eigenvalue weighted by Gasteiger charge is -2.39. The third kappa shape index (κ3) is 9.91. The Bertz CT molecular complexity index is 805. The molecular formula is C30H49NO2Si. The number of allylic oxidation sites excluding steroid dienone is 2. The number of hydrogen-bond donors (Lipinski definition) is 0. The smallest absolute Gasteiger partial charge is 0.225 e. The summed E-state index contributed by atoms with van der Waals surface area (Å²) in [5.74, 6) is 0.743. The van der Waals surface area contributed by atoms with Crippen LogP contribution in [0.5, 0.6) is 0 Å². The highest BCUT2D eigenvalue weighted by Crippen LogP contribution is 2.38. The van der Waals surface area contributed by atoms with E-state index < -0.39 is 8.32 Å². The predicted molar refractivity (Wildman–Crippen MR) is 149 cm³/mol. The SMILES string of the molecule is CN(C)C(=O)C/C=C1/CCCC(/C=C/C(CCCCc2ccccc2)O[Si](C)(C)C(C)(C)C)C1. The van der Waals surface area contributed by atoms with Crippen molar-refractivity contribution in [3.8, 4) is 0 Å². The maximum Gasteiger partial charge on any atom is 0.225 e. The Morgan fingerprint density at radius 1 is 1.18 bits per heavy atom. The monoisotopic (exact) mass is 483 g/mol. The summed E-state index contributed by atoms with van der Waals surface area (Å²) in [4.78, 5) is 13.6. The third-order valence-electron chi connectivity index (χ3n) is 7.56. The van der Waals surface area contributed by atoms with Crippen LogP contribution in [-0.2, 0) is 15.6 Å². The van der Waals surface area contributed by atoms with Gasteiger partial charge in [0.05, 0.1) is 6.10 Å². The van der Waals surface area contributed by atoms with Crippen molar-refractivity contribution in [2.75, 3.05) is 14.1 Å². The van der Waals surface area contributed by atoms with Crippen LogP contribution in [0.25, 0.3) is 0 Å². The second kappa shape index (κ2) is 13.4. The molecule has 2 rings (SSSR count). The van der Waals surface area contributed by atoms with Gasteiger partial charge < -0.3 is 9.33 Å². The van der Waals surface area contributed by atoms with Crippen molar-refractivity contribution in [3.05, 3.63) is 59.7 Å². The van der Waals surface area contributed by atoms with Gasteiger partial charge in [-0.15, -0.1) is 0 Å². The van der Waals surface area contributed by atoms with Crippen molar-refractivity contribution >= 4 is 14.2 Å². The fourth-order valence-corrected chi connectivity index (χ4v) is 5.55. The first-order valence-corrected chi connectivity index (χ1v) is 16.2. The van der Waals surface area contributed by atoms with Gasteiger partial charge in [-0.3, -0.25) is 4.79 Å². The second-order valence-corrected chi connectivity index (χ2v) is 16.5. The van der Waals surface area contributed by atoms with Gasteiger partial charge in [0.15, 0.2) is 8.32 Å². The molecule has 0 saturated heterocycles. The summed E-state index contributed by atoms with van der Waals surface area (Å²) in [7, 11) is 1.82. The molecule has 0 radical (unpaired) electrons. The standard InChI is InChI=1S/C30H49NO2Si/c1-30(2,3)34(6,7)33-28(19-12-11-16-25-14-9-8-10-15-25)22-20-26-17-13-18-27(24-26)21-23-29(32)31(4)5/h8-10,14-15,20-22,26,28H,11-13,16-19,23-24H2,1-7H3/b22-20+,27-21-. The van der Waals surface area contributed by atoms with E-state index in [1.54, 1.807) is 4.90 Å². The highest BCUT2D eigenvalue weighted by atomic mass is 28.4. The van der Waals surface area contributed by atoms with E-state index in [4.69, 9.17) is 4.43 Å². The van der Waals surface area contributed by atoms with Gasteiger partial charge in [0.1, 0.15) is 0 Å². The van der Waals surface area contributed by atoms with Gasteiger partial charge in [-0.1, -0.05) is 81.3 Å². The van der Waals surface area contributed by atoms with Gasteiger partial charge in [-0.25, -0.2) is 0 Å². The molecule has 1 saturated carbocycles. The number of carbonyl (C=O) groups excluding carboxylic acids is 1. The summed E-state index contributed by atoms with van der Waals surface area (Å²) in [6.45, 7) is 11.7. The molecule has 190 valence electrons. The zero-order chi connectivity index (χ0) is 25.2. The normalized spacial score (nSPS) is 19.5. The van der Waals surface area contributed by atoms with Crippen LogP contribution in [0, 0.1) is 5.92 Å². The molecule has 0 aromatic heterocycles. The van der Waals surface area contributed by atoms with Gasteiger partial charge in [-0.05, 0) is 74.6 Å². The van der Waals surface area contributed by atoms with E-state index in [0.29, 0.717) is 12.3 Å². The molecule has 1 fully saturated rings. The molecule has 0 spiro atoms. The largest absolute Gasteiger partial charge is 0.411 e. The summed E-state index contributed by atoms with van der Waals surface area (Å²) in [5, 5.41) is 0.211. The van der Waals surface area contributed by atoms with Crippen LogP contribution >= 0.6 is 0 Å². The molecule has 1 aromatic carbocycles. The Hall–Kier alpha value is -1.65. The Morgan fingerprint density at radius 2 is 1.88 bits per heavy atom. The van der Waals surface area contributed by atoms with Crippen molar-refractivity contribution in [1.29, 1.82) is 0 Å². The number of benzene rings is 1. The molecule has 0 bridgehead atoms. The average Bonchev–Trinajstić information content (AvgIpc) is 2.78. The van der Waals surface area contributed by atoms with Crippen LogP contribution in [0.3, 0.4) is 0 Å². The maximum atomic E-state index is 12.0. The van der Waals surface area contributed by atoms with Crippen molar-refractivity contribution in [1.82, 2.24) is 4.90 Å². The zero-order valence-corrected chi connectivity index (χ0v) is 23.9. The second-order valence-electron chi connectivity index (χ2n) is 11.7. The molecule has 4 heteroatoms. The van der Waals surface area contributed by atoms with Gasteiger partial charge in [0, 0.05) is 20.5 Å². The van der Waals surface area contributed by atoms with E-state index in [0.717, 1.165) is 25.7 Å². The van der Waals surface area contributed by atoms with Crippen molar-refractivity contribution < 1.29 is 9.22 Å². The summed E-state index contributed by atoms with van der Waals surface area (Å²) < 4.78 is 6.87. The van der Waals surface area contributed by atoms with E-state index in [2.05, 4.69) is 82.4 Å². The van der Waals surface area contributed by atoms with E-state index in [1.807, 2.05) is 14.1 Å². The number of hydrogen-bond acceptors (Lipinski definition) is 2. The van der Waals surface area contributed by atoms with E-state index in [1.165, 1.54) is 36.8 Å². The third-order valence-corrected chi connectivity index (χ3v) is 12.1. The summed E-state index contributed by atoms with van der Waals surface area (Å²) in [5.41, 5.74) is 2.87. The minimum absolute atomic E-state index is 0.184. The first-order valence-electron chi connectivity index (χ1n) is 13.3. The molecule has 34 heavy (non-hydrogen) atoms. The highest BCUT2D eigenvalue weighted by Gasteiger charge is 2.38. The van der Waals surface area contributed by atoms with E-state index >= 15 is 0 Å². The highest BCUT2D eigenvalue weighted by molar-refractivity contribution is 6.74. The molecule has 2 unspecified atom stereocenters. The fourth-order valence-electron chi connectivity index (χ4n) is 4.25. The number of carbonyl (C=O) groups is 1. The number of amides is 1.